The molecule has 0 saturated carbocycles. The number of pyridine rings is 1. The van der Waals surface area contributed by atoms with E-state index in [2.05, 4.69) is 21.3 Å². The molecular formula is C18H23N5. The number of nitrogens with one attached hydrogen (secondary N) is 1. The second-order valence-corrected chi connectivity index (χ2v) is 6.38. The molecule has 2 aliphatic rings. The molecule has 5 heteroatoms. The van der Waals surface area contributed by atoms with Crippen molar-refractivity contribution in [2.24, 2.45) is 0 Å². The lowest BCUT2D eigenvalue weighted by Crippen LogP contribution is -2.29. The van der Waals surface area contributed by atoms with Gasteiger partial charge in [-0.3, -0.25) is 4.98 Å². The van der Waals surface area contributed by atoms with Gasteiger partial charge in [-0.15, -0.1) is 0 Å². The van der Waals surface area contributed by atoms with Crippen LogP contribution in [0, 0.1) is 0 Å². The Morgan fingerprint density at radius 3 is 2.87 bits per heavy atom. The molecule has 4 rings (SSSR count). The fourth-order valence-electron chi connectivity index (χ4n) is 3.47. The number of fused-ring (bicyclic) bond motifs is 1. The van der Waals surface area contributed by atoms with Gasteiger partial charge in [0, 0.05) is 50.6 Å². The van der Waals surface area contributed by atoms with Crippen LogP contribution in [-0.2, 0) is 25.8 Å². The van der Waals surface area contributed by atoms with Gasteiger partial charge < -0.3 is 10.2 Å². The Morgan fingerprint density at radius 2 is 2.04 bits per heavy atom. The minimum Gasteiger partial charge on any atom is -0.341 e. The molecule has 4 heterocycles. The molecule has 1 saturated heterocycles. The molecule has 0 bridgehead atoms. The second kappa shape index (κ2) is 6.62. The highest BCUT2D eigenvalue weighted by atomic mass is 15.3. The molecule has 1 fully saturated rings. The number of hydrogen-bond acceptors (Lipinski definition) is 5. The van der Waals surface area contributed by atoms with Gasteiger partial charge in [0.1, 0.15) is 0 Å². The van der Waals surface area contributed by atoms with Gasteiger partial charge in [-0.25, -0.2) is 9.97 Å². The van der Waals surface area contributed by atoms with Crippen LogP contribution in [0.4, 0.5) is 5.95 Å². The van der Waals surface area contributed by atoms with E-state index in [1.807, 2.05) is 18.5 Å². The normalized spacial score (nSPS) is 17.3. The van der Waals surface area contributed by atoms with Crippen molar-refractivity contribution in [2.75, 3.05) is 24.5 Å². The van der Waals surface area contributed by atoms with Gasteiger partial charge in [0.25, 0.3) is 0 Å². The van der Waals surface area contributed by atoms with E-state index in [0.717, 1.165) is 51.4 Å². The van der Waals surface area contributed by atoms with Crippen LogP contribution in [0.1, 0.15) is 35.4 Å². The topological polar surface area (TPSA) is 53.9 Å². The molecule has 0 atom stereocenters. The van der Waals surface area contributed by atoms with E-state index in [1.54, 1.807) is 0 Å². The minimum atomic E-state index is 0.901. The molecule has 2 aromatic heterocycles. The first-order valence-corrected chi connectivity index (χ1v) is 8.63. The summed E-state index contributed by atoms with van der Waals surface area (Å²) in [6.07, 6.45) is 9.24. The summed E-state index contributed by atoms with van der Waals surface area (Å²) in [5.74, 6) is 0.948. The number of nitrogens with zero attached hydrogens (tertiary/aromatic N) is 4. The number of aryl methyl sites for hydroxylation is 2. The first-order valence-electron chi connectivity index (χ1n) is 8.63. The van der Waals surface area contributed by atoms with Gasteiger partial charge in [0.05, 0.1) is 11.4 Å². The third kappa shape index (κ3) is 3.20. The average molecular weight is 309 g/mol. The van der Waals surface area contributed by atoms with Gasteiger partial charge >= 0.3 is 0 Å². The highest BCUT2D eigenvalue weighted by Crippen LogP contribution is 2.23. The summed E-state index contributed by atoms with van der Waals surface area (Å²) in [6, 6.07) is 4.14. The minimum absolute atomic E-state index is 0.901. The van der Waals surface area contributed by atoms with E-state index < -0.39 is 0 Å². The molecule has 5 nitrogen and oxygen atoms in total. The summed E-state index contributed by atoms with van der Waals surface area (Å²) in [4.78, 5) is 16.4. The largest absolute Gasteiger partial charge is 0.341 e. The molecule has 1 N–H and O–H groups in total. The third-order valence-corrected chi connectivity index (χ3v) is 4.77. The van der Waals surface area contributed by atoms with Gasteiger partial charge in [0.2, 0.25) is 5.95 Å². The summed E-state index contributed by atoms with van der Waals surface area (Å²) in [7, 11) is 0. The maximum Gasteiger partial charge on any atom is 0.225 e. The summed E-state index contributed by atoms with van der Waals surface area (Å²) in [5, 5.41) is 3.46. The van der Waals surface area contributed by atoms with Crippen molar-refractivity contribution >= 4 is 5.95 Å². The van der Waals surface area contributed by atoms with Crippen LogP contribution in [0.15, 0.2) is 24.5 Å². The highest BCUT2D eigenvalue weighted by molar-refractivity contribution is 5.39. The van der Waals surface area contributed by atoms with Crippen LogP contribution in [-0.4, -0.2) is 34.6 Å². The van der Waals surface area contributed by atoms with Crippen LogP contribution in [0.25, 0.3) is 0 Å². The van der Waals surface area contributed by atoms with E-state index in [0.29, 0.717) is 0 Å². The fraction of sp³-hybridized carbons (Fsp3) is 0.500. The Labute approximate surface area is 137 Å². The summed E-state index contributed by atoms with van der Waals surface area (Å²) >= 11 is 0. The Balaban J connectivity index is 1.61. The molecule has 120 valence electrons. The Kier molecular flexibility index (Phi) is 4.20. The molecular weight excluding hydrogens is 286 g/mol. The maximum atomic E-state index is 4.94. The van der Waals surface area contributed by atoms with E-state index in [4.69, 9.17) is 9.97 Å². The van der Waals surface area contributed by atoms with E-state index in [1.165, 1.54) is 35.4 Å². The Morgan fingerprint density at radius 1 is 1.13 bits per heavy atom. The molecule has 0 spiro atoms. The zero-order chi connectivity index (χ0) is 15.5. The summed E-state index contributed by atoms with van der Waals surface area (Å²) in [6.45, 7) is 4.11. The lowest BCUT2D eigenvalue weighted by atomic mass is 10.0. The molecule has 0 amide bonds. The van der Waals surface area contributed by atoms with Crippen molar-refractivity contribution in [3.8, 4) is 0 Å². The lowest BCUT2D eigenvalue weighted by Gasteiger charge is -2.23. The zero-order valence-electron chi connectivity index (χ0n) is 13.5. The molecule has 2 aliphatic heterocycles. The maximum absolute atomic E-state index is 4.94. The number of anilines is 1. The van der Waals surface area contributed by atoms with Gasteiger partial charge in [0.15, 0.2) is 0 Å². The Bertz CT molecular complexity index is 665. The van der Waals surface area contributed by atoms with Crippen LogP contribution >= 0.6 is 0 Å². The zero-order valence-corrected chi connectivity index (χ0v) is 13.5. The summed E-state index contributed by atoms with van der Waals surface area (Å²) < 4.78 is 0. The lowest BCUT2D eigenvalue weighted by molar-refractivity contribution is 0.613. The number of aromatic nitrogens is 3. The van der Waals surface area contributed by atoms with E-state index in [-0.39, 0.29) is 0 Å². The average Bonchev–Trinajstić information content (AvgIpc) is 3.15. The van der Waals surface area contributed by atoms with Crippen LogP contribution < -0.4 is 10.2 Å². The van der Waals surface area contributed by atoms with Crippen molar-refractivity contribution in [2.45, 2.75) is 38.6 Å². The first kappa shape index (κ1) is 14.6. The van der Waals surface area contributed by atoms with Gasteiger partial charge in [-0.2, -0.15) is 0 Å². The number of hydrogen-bond donors (Lipinski definition) is 1. The van der Waals surface area contributed by atoms with Gasteiger partial charge in [-0.1, -0.05) is 6.07 Å². The van der Waals surface area contributed by atoms with Crippen molar-refractivity contribution in [3.05, 3.63) is 47.0 Å². The standard InChI is InChI=1S/C18H23N5/c1-2-11-23(10-1)18-21-16(6-5-14-4-3-8-19-12-14)15-13-20-9-7-17(15)22-18/h3-4,8,12,20H,1-2,5-7,9-11,13H2. The summed E-state index contributed by atoms with van der Waals surface area (Å²) in [5.41, 5.74) is 5.06. The van der Waals surface area contributed by atoms with Crippen molar-refractivity contribution in [1.29, 1.82) is 0 Å². The van der Waals surface area contributed by atoms with Crippen LogP contribution in [0.2, 0.25) is 0 Å². The Hall–Kier alpha value is -2.01. The molecule has 0 aliphatic carbocycles. The second-order valence-electron chi connectivity index (χ2n) is 6.38. The monoisotopic (exact) mass is 309 g/mol. The van der Waals surface area contributed by atoms with Crippen molar-refractivity contribution in [1.82, 2.24) is 20.3 Å². The molecule has 23 heavy (non-hydrogen) atoms. The molecule has 2 aromatic rings. The van der Waals surface area contributed by atoms with Gasteiger partial charge in [-0.05, 0) is 37.3 Å². The predicted octanol–water partition coefficient (Wildman–Crippen LogP) is 1.90. The number of rotatable bonds is 4. The smallest absolute Gasteiger partial charge is 0.225 e. The first-order chi connectivity index (χ1) is 11.4. The molecule has 0 radical (unpaired) electrons. The molecule has 0 unspecified atom stereocenters. The van der Waals surface area contributed by atoms with Crippen molar-refractivity contribution in [3.63, 3.8) is 0 Å². The van der Waals surface area contributed by atoms with Crippen LogP contribution in [0.5, 0.6) is 0 Å². The predicted molar refractivity (Wildman–Crippen MR) is 90.5 cm³/mol. The highest BCUT2D eigenvalue weighted by Gasteiger charge is 2.21. The SMILES string of the molecule is c1cncc(CCc2nc(N3CCCC3)nc3c2CNCC3)c1. The molecule has 0 aromatic carbocycles. The van der Waals surface area contributed by atoms with Crippen molar-refractivity contribution < 1.29 is 0 Å². The fourth-order valence-corrected chi connectivity index (χ4v) is 3.47. The van der Waals surface area contributed by atoms with E-state index >= 15 is 0 Å². The third-order valence-electron chi connectivity index (χ3n) is 4.77. The van der Waals surface area contributed by atoms with Crippen LogP contribution in [0.3, 0.4) is 0 Å². The van der Waals surface area contributed by atoms with E-state index in [9.17, 15) is 0 Å². The quantitative estimate of drug-likeness (QED) is 0.935.